The zero-order chi connectivity index (χ0) is 16.9. The summed E-state index contributed by atoms with van der Waals surface area (Å²) >= 11 is 2.81. The molecule has 1 amide bonds. The van der Waals surface area contributed by atoms with Crippen molar-refractivity contribution in [1.82, 2.24) is 15.2 Å². The van der Waals surface area contributed by atoms with E-state index in [0.717, 1.165) is 10.0 Å². The van der Waals surface area contributed by atoms with E-state index in [2.05, 4.69) is 51.7 Å². The molecule has 3 rings (SSSR count). The van der Waals surface area contributed by atoms with Crippen LogP contribution in [0.3, 0.4) is 0 Å². The molecule has 0 aliphatic heterocycles. The van der Waals surface area contributed by atoms with E-state index in [1.54, 1.807) is 5.38 Å². The third-order valence-electron chi connectivity index (χ3n) is 3.31. The van der Waals surface area contributed by atoms with Gasteiger partial charge in [-0.25, -0.2) is 4.98 Å². The van der Waals surface area contributed by atoms with Crippen LogP contribution >= 0.6 is 22.7 Å². The van der Waals surface area contributed by atoms with E-state index in [4.69, 9.17) is 5.73 Å². The molecule has 124 valence electrons. The van der Waals surface area contributed by atoms with Gasteiger partial charge in [0.1, 0.15) is 10.7 Å². The summed E-state index contributed by atoms with van der Waals surface area (Å²) in [4.78, 5) is 16.4. The Bertz CT molecular complexity index is 825. The van der Waals surface area contributed by atoms with Crippen molar-refractivity contribution in [2.24, 2.45) is 5.73 Å². The van der Waals surface area contributed by atoms with Crippen molar-refractivity contribution in [3.8, 4) is 0 Å². The van der Waals surface area contributed by atoms with Crippen molar-refractivity contribution in [2.75, 3.05) is 11.9 Å². The fraction of sp³-hybridized carbons (Fsp3) is 0.250. The summed E-state index contributed by atoms with van der Waals surface area (Å²) < 4.78 is 0. The van der Waals surface area contributed by atoms with Gasteiger partial charge in [-0.05, 0) is 19.0 Å². The normalized spacial score (nSPS) is 10.8. The highest BCUT2D eigenvalue weighted by Crippen LogP contribution is 2.20. The molecule has 6 nitrogen and oxygen atoms in total. The minimum atomic E-state index is -0.271. The van der Waals surface area contributed by atoms with Crippen LogP contribution in [0.25, 0.3) is 0 Å². The molecule has 2 heterocycles. The zero-order valence-electron chi connectivity index (χ0n) is 13.2. The first-order valence-corrected chi connectivity index (χ1v) is 9.17. The first kappa shape index (κ1) is 16.7. The number of hydrogen-bond acceptors (Lipinski definition) is 7. The van der Waals surface area contributed by atoms with Crippen LogP contribution in [0.1, 0.15) is 31.6 Å². The van der Waals surface area contributed by atoms with Crippen molar-refractivity contribution in [1.29, 1.82) is 0 Å². The topological polar surface area (TPSA) is 93.8 Å². The fourth-order valence-electron chi connectivity index (χ4n) is 2.07. The first-order chi connectivity index (χ1) is 11.6. The van der Waals surface area contributed by atoms with Crippen LogP contribution in [0, 0.1) is 6.92 Å². The molecule has 0 spiro atoms. The van der Waals surface area contributed by atoms with Crippen LogP contribution in [0.5, 0.6) is 0 Å². The fourth-order valence-corrected chi connectivity index (χ4v) is 3.63. The Hall–Kier alpha value is -2.16. The van der Waals surface area contributed by atoms with Crippen molar-refractivity contribution >= 4 is 33.7 Å². The maximum atomic E-state index is 12.2. The maximum Gasteiger partial charge on any atom is 0.276 e. The number of nitrogens with two attached hydrogens (primary N) is 1. The van der Waals surface area contributed by atoms with E-state index in [1.165, 1.54) is 33.8 Å². The standard InChI is InChI=1S/C16H17N5OS2/c1-10-2-4-11(5-3-10)8-14-20-21-16(24-14)19-15(22)12-9-23-13(18-12)6-7-17/h2-5,9H,6-8,17H2,1H3,(H,19,21,22). The number of thiazole rings is 1. The molecule has 0 unspecified atom stereocenters. The third-order valence-corrected chi connectivity index (χ3v) is 5.05. The molecular weight excluding hydrogens is 342 g/mol. The van der Waals surface area contributed by atoms with Crippen LogP contribution in [-0.2, 0) is 12.8 Å². The molecule has 8 heteroatoms. The van der Waals surface area contributed by atoms with Crippen LogP contribution in [-0.4, -0.2) is 27.6 Å². The highest BCUT2D eigenvalue weighted by atomic mass is 32.1. The van der Waals surface area contributed by atoms with Crippen molar-refractivity contribution in [3.05, 3.63) is 56.5 Å². The Kier molecular flexibility index (Phi) is 5.29. The molecule has 0 atom stereocenters. The summed E-state index contributed by atoms with van der Waals surface area (Å²) in [5.41, 5.74) is 8.27. The summed E-state index contributed by atoms with van der Waals surface area (Å²) in [6.45, 7) is 2.58. The molecule has 1 aromatic carbocycles. The maximum absolute atomic E-state index is 12.2. The number of aromatic nitrogens is 3. The van der Waals surface area contributed by atoms with Gasteiger partial charge in [-0.3, -0.25) is 10.1 Å². The number of benzene rings is 1. The van der Waals surface area contributed by atoms with Gasteiger partial charge in [0.05, 0.1) is 5.01 Å². The summed E-state index contributed by atoms with van der Waals surface area (Å²) in [7, 11) is 0. The van der Waals surface area contributed by atoms with E-state index in [9.17, 15) is 4.79 Å². The molecule has 0 aliphatic rings. The molecule has 3 aromatic rings. The average molecular weight is 359 g/mol. The lowest BCUT2D eigenvalue weighted by molar-refractivity contribution is 0.102. The van der Waals surface area contributed by atoms with Crippen molar-refractivity contribution in [2.45, 2.75) is 19.8 Å². The summed E-state index contributed by atoms with van der Waals surface area (Å²) in [5, 5.41) is 14.8. The van der Waals surface area contributed by atoms with Gasteiger partial charge in [0.15, 0.2) is 0 Å². The van der Waals surface area contributed by atoms with Crippen LogP contribution in [0.15, 0.2) is 29.6 Å². The molecule has 0 fully saturated rings. The lowest BCUT2D eigenvalue weighted by atomic mass is 10.1. The molecule has 3 N–H and O–H groups in total. The van der Waals surface area contributed by atoms with Gasteiger partial charge in [-0.2, -0.15) is 0 Å². The van der Waals surface area contributed by atoms with Crippen LogP contribution in [0.2, 0.25) is 0 Å². The lowest BCUT2D eigenvalue weighted by Crippen LogP contribution is -2.12. The smallest absolute Gasteiger partial charge is 0.276 e. The summed E-state index contributed by atoms with van der Waals surface area (Å²) in [5.74, 6) is -0.271. The molecule has 24 heavy (non-hydrogen) atoms. The van der Waals surface area contributed by atoms with E-state index in [-0.39, 0.29) is 5.91 Å². The average Bonchev–Trinajstić information content (AvgIpc) is 3.20. The number of rotatable bonds is 6. The van der Waals surface area contributed by atoms with Crippen molar-refractivity contribution < 1.29 is 4.79 Å². The van der Waals surface area contributed by atoms with Gasteiger partial charge < -0.3 is 5.73 Å². The number of amides is 1. The lowest BCUT2D eigenvalue weighted by Gasteiger charge is -1.98. The van der Waals surface area contributed by atoms with Crippen LogP contribution in [0.4, 0.5) is 5.13 Å². The Morgan fingerprint density at radius 3 is 2.75 bits per heavy atom. The Balaban J connectivity index is 1.62. The third kappa shape index (κ3) is 4.22. The van der Waals surface area contributed by atoms with Gasteiger partial charge in [0.25, 0.3) is 5.91 Å². The highest BCUT2D eigenvalue weighted by Gasteiger charge is 2.13. The van der Waals surface area contributed by atoms with Gasteiger partial charge in [0.2, 0.25) is 5.13 Å². The molecular formula is C16H17N5OS2. The van der Waals surface area contributed by atoms with E-state index in [0.29, 0.717) is 30.2 Å². The number of carbonyl (C=O) groups excluding carboxylic acids is 1. The largest absolute Gasteiger partial charge is 0.330 e. The second-order valence-corrected chi connectivity index (χ2v) is 7.29. The number of anilines is 1. The van der Waals surface area contributed by atoms with Gasteiger partial charge >= 0.3 is 0 Å². The van der Waals surface area contributed by atoms with Gasteiger partial charge in [0, 0.05) is 18.2 Å². The van der Waals surface area contributed by atoms with Crippen molar-refractivity contribution in [3.63, 3.8) is 0 Å². The zero-order valence-corrected chi connectivity index (χ0v) is 14.8. The van der Waals surface area contributed by atoms with E-state index < -0.39 is 0 Å². The second kappa shape index (κ2) is 7.61. The number of nitrogens with one attached hydrogen (secondary N) is 1. The molecule has 0 saturated heterocycles. The van der Waals surface area contributed by atoms with Gasteiger partial charge in [-0.1, -0.05) is 41.2 Å². The number of hydrogen-bond donors (Lipinski definition) is 2. The van der Waals surface area contributed by atoms with Crippen LogP contribution < -0.4 is 11.1 Å². The Morgan fingerprint density at radius 2 is 2.00 bits per heavy atom. The molecule has 0 radical (unpaired) electrons. The predicted molar refractivity (Wildman–Crippen MR) is 96.7 cm³/mol. The predicted octanol–water partition coefficient (Wildman–Crippen LogP) is 2.65. The number of aryl methyl sites for hydroxylation is 1. The first-order valence-electron chi connectivity index (χ1n) is 7.48. The minimum Gasteiger partial charge on any atom is -0.330 e. The molecule has 2 aromatic heterocycles. The molecule has 0 bridgehead atoms. The van der Waals surface area contributed by atoms with E-state index >= 15 is 0 Å². The summed E-state index contributed by atoms with van der Waals surface area (Å²) in [6.07, 6.45) is 1.38. The monoisotopic (exact) mass is 359 g/mol. The Morgan fingerprint density at radius 1 is 1.21 bits per heavy atom. The minimum absolute atomic E-state index is 0.271. The molecule has 0 aliphatic carbocycles. The van der Waals surface area contributed by atoms with E-state index in [1.807, 2.05) is 0 Å². The number of carbonyl (C=O) groups is 1. The second-order valence-electron chi connectivity index (χ2n) is 5.28. The van der Waals surface area contributed by atoms with Gasteiger partial charge in [-0.15, -0.1) is 21.5 Å². The quantitative estimate of drug-likeness (QED) is 0.706. The SMILES string of the molecule is Cc1ccc(Cc2nnc(NC(=O)c3csc(CCN)n3)s2)cc1. The highest BCUT2D eigenvalue weighted by molar-refractivity contribution is 7.15. The number of nitrogens with zero attached hydrogens (tertiary/aromatic N) is 3. The Labute approximate surface area is 147 Å². The molecule has 0 saturated carbocycles. The summed E-state index contributed by atoms with van der Waals surface area (Å²) in [6, 6.07) is 8.28.